The highest BCUT2D eigenvalue weighted by Crippen LogP contribution is 2.22. The first-order chi connectivity index (χ1) is 11.4. The monoisotopic (exact) mass is 299 g/mol. The second-order valence-electron chi connectivity index (χ2n) is 5.31. The lowest BCUT2D eigenvalue weighted by Crippen LogP contribution is -2.23. The van der Waals surface area contributed by atoms with E-state index in [9.17, 15) is 5.26 Å². The quantitative estimate of drug-likeness (QED) is 0.710. The molecule has 0 fully saturated rings. The molecule has 0 aliphatic carbocycles. The van der Waals surface area contributed by atoms with Crippen molar-refractivity contribution in [3.05, 3.63) is 95.8 Å². The molecule has 0 spiro atoms. The second kappa shape index (κ2) is 7.24. The fourth-order valence-corrected chi connectivity index (χ4v) is 2.57. The van der Waals surface area contributed by atoms with E-state index in [4.69, 9.17) is 0 Å². The summed E-state index contributed by atoms with van der Waals surface area (Å²) in [4.78, 5) is 6.39. The van der Waals surface area contributed by atoms with E-state index in [1.54, 1.807) is 6.20 Å². The maximum atomic E-state index is 9.36. The third-order valence-electron chi connectivity index (χ3n) is 3.67. The minimum absolute atomic E-state index is 0.458. The van der Waals surface area contributed by atoms with E-state index in [1.165, 1.54) is 11.1 Å². The number of anilines is 1. The number of aromatic nitrogens is 1. The zero-order chi connectivity index (χ0) is 15.9. The van der Waals surface area contributed by atoms with Crippen LogP contribution in [0.5, 0.6) is 0 Å². The zero-order valence-electron chi connectivity index (χ0n) is 12.8. The van der Waals surface area contributed by atoms with Crippen LogP contribution in [-0.4, -0.2) is 4.98 Å². The average Bonchev–Trinajstić information content (AvgIpc) is 2.63. The molecule has 1 heterocycles. The van der Waals surface area contributed by atoms with E-state index in [2.05, 4.69) is 40.2 Å². The highest BCUT2D eigenvalue weighted by molar-refractivity contribution is 5.56. The van der Waals surface area contributed by atoms with Gasteiger partial charge in [0.05, 0.1) is 5.69 Å². The average molecular weight is 299 g/mol. The van der Waals surface area contributed by atoms with E-state index in [1.807, 2.05) is 48.5 Å². The van der Waals surface area contributed by atoms with Gasteiger partial charge in [-0.2, -0.15) is 5.26 Å². The first kappa shape index (κ1) is 14.8. The van der Waals surface area contributed by atoms with Crippen LogP contribution >= 0.6 is 0 Å². The molecule has 1 aromatic heterocycles. The van der Waals surface area contributed by atoms with Gasteiger partial charge in [-0.15, -0.1) is 0 Å². The van der Waals surface area contributed by atoms with Crippen molar-refractivity contribution in [3.63, 3.8) is 0 Å². The predicted molar refractivity (Wildman–Crippen MR) is 91.7 cm³/mol. The maximum absolute atomic E-state index is 9.36. The Kier molecular flexibility index (Phi) is 4.66. The number of pyridine rings is 1. The predicted octanol–water partition coefficient (Wildman–Crippen LogP) is 4.16. The molecule has 3 heteroatoms. The summed E-state index contributed by atoms with van der Waals surface area (Å²) in [6.45, 7) is 1.46. The summed E-state index contributed by atoms with van der Waals surface area (Å²) in [5.41, 5.74) is 3.73. The summed E-state index contributed by atoms with van der Waals surface area (Å²) in [6.07, 6.45) is 1.66. The maximum Gasteiger partial charge on any atom is 0.163 e. The summed E-state index contributed by atoms with van der Waals surface area (Å²) >= 11 is 0. The summed E-state index contributed by atoms with van der Waals surface area (Å²) in [7, 11) is 0. The lowest BCUT2D eigenvalue weighted by molar-refractivity contribution is 0.795. The van der Waals surface area contributed by atoms with Crippen LogP contribution in [0.4, 0.5) is 5.69 Å². The minimum atomic E-state index is 0.458. The Hall–Kier alpha value is -3.12. The van der Waals surface area contributed by atoms with Crippen LogP contribution in [-0.2, 0) is 13.1 Å². The van der Waals surface area contributed by atoms with Gasteiger partial charge in [0.1, 0.15) is 6.07 Å². The van der Waals surface area contributed by atoms with Gasteiger partial charge in [-0.3, -0.25) is 0 Å². The van der Waals surface area contributed by atoms with Crippen LogP contribution in [0.1, 0.15) is 16.8 Å². The molecule has 23 heavy (non-hydrogen) atoms. The van der Waals surface area contributed by atoms with Crippen molar-refractivity contribution in [2.24, 2.45) is 0 Å². The minimum Gasteiger partial charge on any atom is -0.361 e. The first-order valence-corrected chi connectivity index (χ1v) is 7.55. The van der Waals surface area contributed by atoms with E-state index in [0.29, 0.717) is 5.69 Å². The van der Waals surface area contributed by atoms with Crippen molar-refractivity contribution in [3.8, 4) is 6.07 Å². The molecule has 0 saturated heterocycles. The number of hydrogen-bond donors (Lipinski definition) is 0. The molecule has 0 aliphatic heterocycles. The van der Waals surface area contributed by atoms with Gasteiger partial charge in [-0.05, 0) is 23.3 Å². The fraction of sp³-hybridized carbons (Fsp3) is 0.100. The Labute approximate surface area is 136 Å². The summed E-state index contributed by atoms with van der Waals surface area (Å²) < 4.78 is 0. The van der Waals surface area contributed by atoms with Crippen LogP contribution in [0.2, 0.25) is 0 Å². The van der Waals surface area contributed by atoms with Crippen molar-refractivity contribution >= 4 is 5.69 Å². The largest absolute Gasteiger partial charge is 0.361 e. The van der Waals surface area contributed by atoms with E-state index in [0.717, 1.165) is 18.8 Å². The van der Waals surface area contributed by atoms with Crippen LogP contribution in [0.3, 0.4) is 0 Å². The Morgan fingerprint density at radius 3 is 1.87 bits per heavy atom. The third-order valence-corrected chi connectivity index (χ3v) is 3.67. The SMILES string of the molecule is N#Cc1ncccc1N(Cc1ccccc1)Cc1ccccc1. The Balaban J connectivity index is 1.94. The van der Waals surface area contributed by atoms with E-state index in [-0.39, 0.29) is 0 Å². The molecule has 2 aromatic carbocycles. The highest BCUT2D eigenvalue weighted by Gasteiger charge is 2.13. The lowest BCUT2D eigenvalue weighted by atomic mass is 10.1. The van der Waals surface area contributed by atoms with Gasteiger partial charge >= 0.3 is 0 Å². The standard InChI is InChI=1S/C20H17N3/c21-14-19-20(12-7-13-22-19)23(15-17-8-3-1-4-9-17)16-18-10-5-2-6-11-18/h1-13H,15-16H2. The van der Waals surface area contributed by atoms with Crippen LogP contribution in [0.25, 0.3) is 0 Å². The van der Waals surface area contributed by atoms with Crippen LogP contribution in [0.15, 0.2) is 79.0 Å². The summed E-state index contributed by atoms with van der Waals surface area (Å²) in [5, 5.41) is 9.36. The molecule has 0 bridgehead atoms. The number of rotatable bonds is 5. The van der Waals surface area contributed by atoms with Crippen molar-refractivity contribution in [1.82, 2.24) is 4.98 Å². The molecular formula is C20H17N3. The van der Waals surface area contributed by atoms with Crippen molar-refractivity contribution in [1.29, 1.82) is 5.26 Å². The molecule has 3 aromatic rings. The molecular weight excluding hydrogens is 282 g/mol. The van der Waals surface area contributed by atoms with Gasteiger partial charge in [0.15, 0.2) is 5.69 Å². The van der Waals surface area contributed by atoms with Crippen LogP contribution < -0.4 is 4.90 Å². The number of nitrogens with zero attached hydrogens (tertiary/aromatic N) is 3. The van der Waals surface area contributed by atoms with Crippen molar-refractivity contribution < 1.29 is 0 Å². The van der Waals surface area contributed by atoms with Gasteiger partial charge < -0.3 is 4.90 Å². The molecule has 0 radical (unpaired) electrons. The van der Waals surface area contributed by atoms with Gasteiger partial charge in [-0.25, -0.2) is 4.98 Å². The van der Waals surface area contributed by atoms with Crippen LogP contribution in [0, 0.1) is 11.3 Å². The molecule has 0 atom stereocenters. The van der Waals surface area contributed by atoms with Crippen molar-refractivity contribution in [2.45, 2.75) is 13.1 Å². The second-order valence-corrected chi connectivity index (χ2v) is 5.31. The first-order valence-electron chi connectivity index (χ1n) is 7.55. The Morgan fingerprint density at radius 1 is 0.783 bits per heavy atom. The van der Waals surface area contributed by atoms with Gasteiger partial charge in [-0.1, -0.05) is 60.7 Å². The van der Waals surface area contributed by atoms with Gasteiger partial charge in [0, 0.05) is 19.3 Å². The lowest BCUT2D eigenvalue weighted by Gasteiger charge is -2.25. The third kappa shape index (κ3) is 3.75. The molecule has 112 valence electrons. The molecule has 3 nitrogen and oxygen atoms in total. The number of benzene rings is 2. The Morgan fingerprint density at radius 2 is 1.35 bits per heavy atom. The molecule has 0 saturated carbocycles. The normalized spacial score (nSPS) is 10.0. The number of nitriles is 1. The van der Waals surface area contributed by atoms with Crippen molar-refractivity contribution in [2.75, 3.05) is 4.90 Å². The smallest absolute Gasteiger partial charge is 0.163 e. The summed E-state index contributed by atoms with van der Waals surface area (Å²) in [5.74, 6) is 0. The Bertz CT molecular complexity index is 750. The summed E-state index contributed by atoms with van der Waals surface area (Å²) in [6, 6.07) is 26.6. The highest BCUT2D eigenvalue weighted by atomic mass is 15.1. The molecule has 0 unspecified atom stereocenters. The van der Waals surface area contributed by atoms with Gasteiger partial charge in [0.2, 0.25) is 0 Å². The van der Waals surface area contributed by atoms with Gasteiger partial charge in [0.25, 0.3) is 0 Å². The topological polar surface area (TPSA) is 39.9 Å². The van der Waals surface area contributed by atoms with E-state index >= 15 is 0 Å². The molecule has 0 aliphatic rings. The molecule has 0 N–H and O–H groups in total. The number of hydrogen-bond acceptors (Lipinski definition) is 3. The molecule has 0 amide bonds. The molecule has 3 rings (SSSR count). The van der Waals surface area contributed by atoms with E-state index < -0.39 is 0 Å². The zero-order valence-corrected chi connectivity index (χ0v) is 12.8. The fourth-order valence-electron chi connectivity index (χ4n) is 2.57.